The van der Waals surface area contributed by atoms with Crippen LogP contribution in [-0.4, -0.2) is 24.7 Å². The van der Waals surface area contributed by atoms with Crippen LogP contribution in [0.1, 0.15) is 30.6 Å². The lowest BCUT2D eigenvalue weighted by Crippen LogP contribution is -2.47. The van der Waals surface area contributed by atoms with Gasteiger partial charge < -0.3 is 19.5 Å². The quantitative estimate of drug-likeness (QED) is 0.636. The third kappa shape index (κ3) is 3.96. The average molecular weight is 355 g/mol. The van der Waals surface area contributed by atoms with Gasteiger partial charge in [0.15, 0.2) is 11.5 Å². The number of amides is 1. The second-order valence-electron chi connectivity index (χ2n) is 6.14. The standard InChI is InChI=1S/C20H21NO5/c1-3-13(2)18(21-19(22)14-7-5-4-6-8-14)20(23)26-15-9-10-16-17(11-15)25-12-24-16/h4-11,13,18H,3,12H2,1-2H3,(H,21,22)/t13-,18-/m0/s1. The van der Waals surface area contributed by atoms with Crippen LogP contribution in [0.2, 0.25) is 0 Å². The Kier molecular flexibility index (Phi) is 5.41. The van der Waals surface area contributed by atoms with Crippen molar-refractivity contribution in [2.75, 3.05) is 6.79 Å². The molecule has 6 heteroatoms. The molecule has 26 heavy (non-hydrogen) atoms. The molecule has 0 saturated heterocycles. The monoisotopic (exact) mass is 355 g/mol. The lowest BCUT2D eigenvalue weighted by molar-refractivity contribution is -0.137. The Morgan fingerprint density at radius 2 is 1.85 bits per heavy atom. The Morgan fingerprint density at radius 1 is 1.12 bits per heavy atom. The zero-order valence-corrected chi connectivity index (χ0v) is 14.7. The normalized spacial score (nSPS) is 14.4. The molecule has 0 spiro atoms. The molecule has 0 saturated carbocycles. The Balaban J connectivity index is 1.72. The highest BCUT2D eigenvalue weighted by atomic mass is 16.7. The zero-order chi connectivity index (χ0) is 18.5. The van der Waals surface area contributed by atoms with Crippen molar-refractivity contribution in [3.8, 4) is 17.2 Å². The van der Waals surface area contributed by atoms with Gasteiger partial charge in [0, 0.05) is 11.6 Å². The lowest BCUT2D eigenvalue weighted by atomic mass is 9.98. The molecule has 2 aromatic carbocycles. The number of ether oxygens (including phenoxy) is 3. The van der Waals surface area contributed by atoms with Gasteiger partial charge in [-0.05, 0) is 30.2 Å². The van der Waals surface area contributed by atoms with Gasteiger partial charge in [-0.1, -0.05) is 38.5 Å². The van der Waals surface area contributed by atoms with E-state index in [1.54, 1.807) is 42.5 Å². The molecule has 0 aliphatic carbocycles. The summed E-state index contributed by atoms with van der Waals surface area (Å²) in [6.45, 7) is 4.01. The van der Waals surface area contributed by atoms with Crippen LogP contribution >= 0.6 is 0 Å². The maximum absolute atomic E-state index is 12.7. The zero-order valence-electron chi connectivity index (χ0n) is 14.7. The average Bonchev–Trinajstić information content (AvgIpc) is 3.13. The van der Waals surface area contributed by atoms with Crippen LogP contribution in [0.4, 0.5) is 0 Å². The van der Waals surface area contributed by atoms with Crippen molar-refractivity contribution in [2.45, 2.75) is 26.3 Å². The maximum atomic E-state index is 12.7. The molecule has 0 unspecified atom stereocenters. The Labute approximate surface area is 152 Å². The molecule has 0 aromatic heterocycles. The molecule has 2 atom stereocenters. The van der Waals surface area contributed by atoms with E-state index in [1.807, 2.05) is 19.9 Å². The van der Waals surface area contributed by atoms with E-state index >= 15 is 0 Å². The van der Waals surface area contributed by atoms with E-state index in [2.05, 4.69) is 5.32 Å². The summed E-state index contributed by atoms with van der Waals surface area (Å²) < 4.78 is 16.0. The molecule has 1 aliphatic rings. The van der Waals surface area contributed by atoms with Crippen molar-refractivity contribution in [3.05, 3.63) is 54.1 Å². The molecular weight excluding hydrogens is 334 g/mol. The summed E-state index contributed by atoms with van der Waals surface area (Å²) in [4.78, 5) is 25.1. The number of benzene rings is 2. The van der Waals surface area contributed by atoms with Gasteiger partial charge in [0.2, 0.25) is 6.79 Å². The summed E-state index contributed by atoms with van der Waals surface area (Å²) in [5, 5.41) is 2.79. The minimum absolute atomic E-state index is 0.0795. The Bertz CT molecular complexity index is 790. The van der Waals surface area contributed by atoms with Crippen LogP contribution in [0.5, 0.6) is 17.2 Å². The Morgan fingerprint density at radius 3 is 2.58 bits per heavy atom. The second kappa shape index (κ2) is 7.91. The van der Waals surface area contributed by atoms with Crippen LogP contribution in [-0.2, 0) is 4.79 Å². The van der Waals surface area contributed by atoms with E-state index in [0.29, 0.717) is 22.8 Å². The molecule has 0 radical (unpaired) electrons. The van der Waals surface area contributed by atoms with E-state index < -0.39 is 12.0 Å². The maximum Gasteiger partial charge on any atom is 0.334 e. The van der Waals surface area contributed by atoms with E-state index in [0.717, 1.165) is 6.42 Å². The molecule has 1 heterocycles. The first-order valence-corrected chi connectivity index (χ1v) is 8.55. The van der Waals surface area contributed by atoms with Gasteiger partial charge in [-0.25, -0.2) is 4.79 Å². The van der Waals surface area contributed by atoms with Gasteiger partial charge >= 0.3 is 5.97 Å². The summed E-state index contributed by atoms with van der Waals surface area (Å²) >= 11 is 0. The van der Waals surface area contributed by atoms with E-state index in [9.17, 15) is 9.59 Å². The number of hydrogen-bond donors (Lipinski definition) is 1. The first kappa shape index (κ1) is 17.8. The van der Waals surface area contributed by atoms with Crippen LogP contribution < -0.4 is 19.5 Å². The van der Waals surface area contributed by atoms with Gasteiger partial charge in [0.1, 0.15) is 11.8 Å². The fourth-order valence-corrected chi connectivity index (χ4v) is 2.60. The van der Waals surface area contributed by atoms with Crippen LogP contribution in [0.25, 0.3) is 0 Å². The van der Waals surface area contributed by atoms with Crippen molar-refractivity contribution in [2.24, 2.45) is 5.92 Å². The molecule has 0 fully saturated rings. The molecule has 1 N–H and O–H groups in total. The predicted molar refractivity (Wildman–Crippen MR) is 95.4 cm³/mol. The van der Waals surface area contributed by atoms with Crippen LogP contribution in [0.15, 0.2) is 48.5 Å². The van der Waals surface area contributed by atoms with Crippen molar-refractivity contribution in [1.29, 1.82) is 0 Å². The molecule has 3 rings (SSSR count). The van der Waals surface area contributed by atoms with Gasteiger partial charge in [0.25, 0.3) is 5.91 Å². The largest absolute Gasteiger partial charge is 0.454 e. The third-order valence-corrected chi connectivity index (χ3v) is 4.35. The fourth-order valence-electron chi connectivity index (χ4n) is 2.60. The first-order valence-electron chi connectivity index (χ1n) is 8.55. The molecule has 136 valence electrons. The highest BCUT2D eigenvalue weighted by Crippen LogP contribution is 2.35. The summed E-state index contributed by atoms with van der Waals surface area (Å²) in [5.74, 6) is 0.594. The number of nitrogens with one attached hydrogen (secondary N) is 1. The number of hydrogen-bond acceptors (Lipinski definition) is 5. The minimum Gasteiger partial charge on any atom is -0.454 e. The van der Waals surface area contributed by atoms with Crippen molar-refractivity contribution >= 4 is 11.9 Å². The van der Waals surface area contributed by atoms with Gasteiger partial charge in [-0.15, -0.1) is 0 Å². The molecule has 0 bridgehead atoms. The molecular formula is C20H21NO5. The van der Waals surface area contributed by atoms with Crippen LogP contribution in [0, 0.1) is 5.92 Å². The number of carbonyl (C=O) groups is 2. The fraction of sp³-hybridized carbons (Fsp3) is 0.300. The predicted octanol–water partition coefficient (Wildman–Crippen LogP) is 3.17. The van der Waals surface area contributed by atoms with Crippen molar-refractivity contribution < 1.29 is 23.8 Å². The first-order chi connectivity index (χ1) is 12.6. The summed E-state index contributed by atoms with van der Waals surface area (Å²) in [6.07, 6.45) is 0.718. The van der Waals surface area contributed by atoms with Gasteiger partial charge in [0.05, 0.1) is 0 Å². The topological polar surface area (TPSA) is 73.9 Å². The lowest BCUT2D eigenvalue weighted by Gasteiger charge is -2.22. The smallest absolute Gasteiger partial charge is 0.334 e. The summed E-state index contributed by atoms with van der Waals surface area (Å²) in [6, 6.07) is 13.0. The van der Waals surface area contributed by atoms with Gasteiger partial charge in [-0.3, -0.25) is 4.79 Å². The highest BCUT2D eigenvalue weighted by Gasteiger charge is 2.28. The third-order valence-electron chi connectivity index (χ3n) is 4.35. The van der Waals surface area contributed by atoms with E-state index in [-0.39, 0.29) is 18.6 Å². The summed E-state index contributed by atoms with van der Waals surface area (Å²) in [7, 11) is 0. The number of fused-ring (bicyclic) bond motifs is 1. The molecule has 1 aliphatic heterocycles. The SMILES string of the molecule is CC[C@H](C)[C@H](NC(=O)c1ccccc1)C(=O)Oc1ccc2c(c1)OCO2. The van der Waals surface area contributed by atoms with Gasteiger partial charge in [-0.2, -0.15) is 0 Å². The van der Waals surface area contributed by atoms with E-state index in [1.165, 1.54) is 0 Å². The molecule has 2 aromatic rings. The molecule has 1 amide bonds. The summed E-state index contributed by atoms with van der Waals surface area (Å²) in [5.41, 5.74) is 0.497. The van der Waals surface area contributed by atoms with Crippen molar-refractivity contribution in [1.82, 2.24) is 5.32 Å². The molecule has 6 nitrogen and oxygen atoms in total. The number of carbonyl (C=O) groups excluding carboxylic acids is 2. The van der Waals surface area contributed by atoms with Crippen LogP contribution in [0.3, 0.4) is 0 Å². The highest BCUT2D eigenvalue weighted by molar-refractivity contribution is 5.97. The van der Waals surface area contributed by atoms with Crippen molar-refractivity contribution in [3.63, 3.8) is 0 Å². The van der Waals surface area contributed by atoms with E-state index in [4.69, 9.17) is 14.2 Å². The Hall–Kier alpha value is -3.02. The number of rotatable bonds is 6. The second-order valence-corrected chi connectivity index (χ2v) is 6.14. The number of esters is 1. The minimum atomic E-state index is -0.752.